The molecule has 0 saturated heterocycles. The number of hydrogen-bond acceptors (Lipinski definition) is 4. The Hall–Kier alpha value is -2.54. The highest BCUT2D eigenvalue weighted by Gasteiger charge is 2.31. The smallest absolute Gasteiger partial charge is 0.265 e. The summed E-state index contributed by atoms with van der Waals surface area (Å²) in [6, 6.07) is 11.0. The maximum atomic E-state index is 12.7. The average molecular weight is 388 g/mol. The second-order valence-electron chi connectivity index (χ2n) is 6.99. The number of rotatable bonds is 3. The van der Waals surface area contributed by atoms with Crippen LogP contribution in [0.2, 0.25) is 0 Å². The number of benzene rings is 2. The zero-order valence-electron chi connectivity index (χ0n) is 15.9. The van der Waals surface area contributed by atoms with Gasteiger partial charge in [0.15, 0.2) is 6.10 Å². The van der Waals surface area contributed by atoms with Crippen molar-refractivity contribution in [3.63, 3.8) is 0 Å². The Labute approximate surface area is 160 Å². The molecule has 6 nitrogen and oxygen atoms in total. The van der Waals surface area contributed by atoms with Crippen LogP contribution in [0.3, 0.4) is 0 Å². The largest absolute Gasteiger partial charge is 0.478 e. The molecule has 1 atom stereocenters. The van der Waals surface area contributed by atoms with Crippen LogP contribution in [-0.2, 0) is 14.8 Å². The second-order valence-corrected chi connectivity index (χ2v) is 8.90. The van der Waals surface area contributed by atoms with Gasteiger partial charge in [0, 0.05) is 18.7 Å². The molecule has 1 heterocycles. The van der Waals surface area contributed by atoms with E-state index in [2.05, 4.69) is 5.32 Å². The van der Waals surface area contributed by atoms with E-state index in [-0.39, 0.29) is 18.9 Å². The van der Waals surface area contributed by atoms with Crippen molar-refractivity contribution >= 4 is 27.3 Å². The first kappa shape index (κ1) is 19.2. The van der Waals surface area contributed by atoms with Crippen LogP contribution in [0.15, 0.2) is 36.4 Å². The van der Waals surface area contributed by atoms with Crippen LogP contribution in [-0.4, -0.2) is 33.2 Å². The van der Waals surface area contributed by atoms with E-state index in [1.807, 2.05) is 45.0 Å². The van der Waals surface area contributed by atoms with Gasteiger partial charge in [0.1, 0.15) is 5.75 Å². The maximum Gasteiger partial charge on any atom is 0.265 e. The molecule has 3 rings (SSSR count). The van der Waals surface area contributed by atoms with Crippen molar-refractivity contribution in [2.75, 3.05) is 22.4 Å². The molecule has 1 unspecified atom stereocenters. The molecule has 1 N–H and O–H groups in total. The maximum absolute atomic E-state index is 12.7. The van der Waals surface area contributed by atoms with E-state index in [1.165, 1.54) is 4.31 Å². The molecule has 0 saturated carbocycles. The highest BCUT2D eigenvalue weighted by molar-refractivity contribution is 7.92. The van der Waals surface area contributed by atoms with E-state index >= 15 is 0 Å². The molecule has 27 heavy (non-hydrogen) atoms. The summed E-state index contributed by atoms with van der Waals surface area (Å²) < 4.78 is 31.7. The number of fused-ring (bicyclic) bond motifs is 1. The Morgan fingerprint density at radius 2 is 1.85 bits per heavy atom. The highest BCUT2D eigenvalue weighted by Crippen LogP contribution is 2.35. The van der Waals surface area contributed by atoms with Crippen LogP contribution >= 0.6 is 0 Å². The summed E-state index contributed by atoms with van der Waals surface area (Å²) in [6.45, 7) is 6.06. The van der Waals surface area contributed by atoms with Crippen molar-refractivity contribution in [3.05, 3.63) is 53.1 Å². The van der Waals surface area contributed by atoms with Gasteiger partial charge < -0.3 is 10.1 Å². The van der Waals surface area contributed by atoms with Crippen molar-refractivity contribution in [1.29, 1.82) is 0 Å². The molecule has 1 aliphatic rings. The molecule has 0 fully saturated rings. The molecule has 0 spiro atoms. The molecular weight excluding hydrogens is 364 g/mol. The Morgan fingerprint density at radius 1 is 1.11 bits per heavy atom. The lowest BCUT2D eigenvalue weighted by molar-refractivity contribution is -0.122. The minimum Gasteiger partial charge on any atom is -0.478 e. The van der Waals surface area contributed by atoms with E-state index in [0.29, 0.717) is 17.1 Å². The predicted octanol–water partition coefficient (Wildman–Crippen LogP) is 3.17. The van der Waals surface area contributed by atoms with Crippen molar-refractivity contribution in [3.8, 4) is 5.75 Å². The third-order valence-electron chi connectivity index (χ3n) is 4.71. The Morgan fingerprint density at radius 3 is 2.52 bits per heavy atom. The number of carbonyl (C=O) groups is 1. The standard InChI is InChI=1S/C20H24N2O4S/c1-13-5-8-18-17(11-13)22(27(4,24)25)10-9-19(26-18)20(23)21-16-7-6-14(2)15(3)12-16/h5-8,11-12,19H,9-10H2,1-4H3,(H,21,23). The predicted molar refractivity (Wildman–Crippen MR) is 107 cm³/mol. The van der Waals surface area contributed by atoms with Crippen molar-refractivity contribution in [2.45, 2.75) is 33.3 Å². The minimum absolute atomic E-state index is 0.181. The number of nitrogens with zero attached hydrogens (tertiary/aromatic N) is 1. The summed E-state index contributed by atoms with van der Waals surface area (Å²) in [5, 5.41) is 2.87. The summed E-state index contributed by atoms with van der Waals surface area (Å²) in [5.41, 5.74) is 4.31. The van der Waals surface area contributed by atoms with Crippen LogP contribution in [0.1, 0.15) is 23.1 Å². The van der Waals surface area contributed by atoms with E-state index in [0.717, 1.165) is 22.9 Å². The van der Waals surface area contributed by atoms with Crippen LogP contribution < -0.4 is 14.4 Å². The first-order chi connectivity index (χ1) is 12.6. The normalized spacial score (nSPS) is 16.9. The van der Waals surface area contributed by atoms with Gasteiger partial charge in [-0.1, -0.05) is 12.1 Å². The first-order valence-electron chi connectivity index (χ1n) is 8.78. The van der Waals surface area contributed by atoms with Crippen molar-refractivity contribution < 1.29 is 17.9 Å². The molecule has 1 amide bonds. The molecule has 144 valence electrons. The number of anilines is 2. The third-order valence-corrected chi connectivity index (χ3v) is 5.89. The Kier molecular flexibility index (Phi) is 5.15. The monoisotopic (exact) mass is 388 g/mol. The molecule has 1 aliphatic heterocycles. The zero-order chi connectivity index (χ0) is 19.8. The fraction of sp³-hybridized carbons (Fsp3) is 0.350. The van der Waals surface area contributed by atoms with Crippen LogP contribution in [0.4, 0.5) is 11.4 Å². The summed E-state index contributed by atoms with van der Waals surface area (Å²) in [6.07, 6.45) is 0.645. The molecule has 0 aliphatic carbocycles. The molecule has 0 bridgehead atoms. The van der Waals surface area contributed by atoms with Crippen LogP contribution in [0, 0.1) is 20.8 Å². The lowest BCUT2D eigenvalue weighted by atomic mass is 10.1. The van der Waals surface area contributed by atoms with Gasteiger partial charge in [-0.2, -0.15) is 0 Å². The van der Waals surface area contributed by atoms with E-state index in [4.69, 9.17) is 4.74 Å². The fourth-order valence-corrected chi connectivity index (χ4v) is 4.00. The minimum atomic E-state index is -3.48. The number of carbonyl (C=O) groups excluding carboxylic acids is 1. The summed E-state index contributed by atoms with van der Waals surface area (Å²) in [5.74, 6) is 0.101. The average Bonchev–Trinajstić information content (AvgIpc) is 2.77. The molecule has 2 aromatic carbocycles. The second kappa shape index (κ2) is 7.23. The fourth-order valence-electron chi connectivity index (χ4n) is 3.06. The van der Waals surface area contributed by atoms with Gasteiger partial charge in [-0.15, -0.1) is 0 Å². The third kappa shape index (κ3) is 4.24. The SMILES string of the molecule is Cc1ccc2c(c1)N(S(C)(=O)=O)CCC(C(=O)Nc1ccc(C)c(C)c1)O2. The summed E-state index contributed by atoms with van der Waals surface area (Å²) >= 11 is 0. The van der Waals surface area contributed by atoms with Crippen molar-refractivity contribution in [1.82, 2.24) is 0 Å². The molecule has 0 radical (unpaired) electrons. The van der Waals surface area contributed by atoms with Gasteiger partial charge in [0.05, 0.1) is 11.9 Å². The number of hydrogen-bond donors (Lipinski definition) is 1. The van der Waals surface area contributed by atoms with E-state index in [9.17, 15) is 13.2 Å². The van der Waals surface area contributed by atoms with Gasteiger partial charge in [0.25, 0.3) is 5.91 Å². The van der Waals surface area contributed by atoms with Gasteiger partial charge in [-0.3, -0.25) is 9.10 Å². The summed E-state index contributed by atoms with van der Waals surface area (Å²) in [4.78, 5) is 12.7. The zero-order valence-corrected chi connectivity index (χ0v) is 16.8. The van der Waals surface area contributed by atoms with Gasteiger partial charge >= 0.3 is 0 Å². The van der Waals surface area contributed by atoms with Crippen LogP contribution in [0.5, 0.6) is 5.75 Å². The molecular formula is C20H24N2O4S. The summed E-state index contributed by atoms with van der Waals surface area (Å²) in [7, 11) is -3.48. The number of sulfonamides is 1. The topological polar surface area (TPSA) is 75.7 Å². The van der Waals surface area contributed by atoms with E-state index < -0.39 is 16.1 Å². The van der Waals surface area contributed by atoms with Gasteiger partial charge in [-0.05, 0) is 61.7 Å². The number of ether oxygens (including phenoxy) is 1. The molecule has 7 heteroatoms. The van der Waals surface area contributed by atoms with Gasteiger partial charge in [0.2, 0.25) is 10.0 Å². The number of nitrogens with one attached hydrogen (secondary N) is 1. The van der Waals surface area contributed by atoms with E-state index in [1.54, 1.807) is 12.1 Å². The highest BCUT2D eigenvalue weighted by atomic mass is 32.2. The quantitative estimate of drug-likeness (QED) is 0.876. The first-order valence-corrected chi connectivity index (χ1v) is 10.6. The number of amides is 1. The molecule has 2 aromatic rings. The Balaban J connectivity index is 1.87. The van der Waals surface area contributed by atoms with Crippen LogP contribution in [0.25, 0.3) is 0 Å². The Bertz CT molecular complexity index is 985. The number of aryl methyl sites for hydroxylation is 3. The van der Waals surface area contributed by atoms with Crippen molar-refractivity contribution in [2.24, 2.45) is 0 Å². The lowest BCUT2D eigenvalue weighted by Crippen LogP contribution is -2.36. The molecule has 0 aromatic heterocycles. The van der Waals surface area contributed by atoms with Gasteiger partial charge in [-0.25, -0.2) is 8.42 Å². The lowest BCUT2D eigenvalue weighted by Gasteiger charge is -2.21.